The molecule has 232 valence electrons. The SMILES string of the molecule is CC.CC.CN(c1ccc(Cl)cc1COC=O)C1CCN(CC(=O)Nc2ccc(Cl)cc2C(=O)c2ccccc2Cl)CC1. The zero-order valence-corrected chi connectivity index (χ0v) is 27.6. The smallest absolute Gasteiger partial charge is 0.293 e. The normalized spacial score (nSPS) is 13.0. The number of ether oxygens (including phenoxy) is 1. The summed E-state index contributed by atoms with van der Waals surface area (Å²) in [4.78, 5) is 41.1. The Morgan fingerprint density at radius 3 is 2.21 bits per heavy atom. The number of nitrogens with one attached hydrogen (secondary N) is 1. The first kappa shape index (κ1) is 36.1. The molecule has 1 aliphatic heterocycles. The average molecular weight is 649 g/mol. The Morgan fingerprint density at radius 2 is 1.56 bits per heavy atom. The maximum Gasteiger partial charge on any atom is 0.293 e. The maximum absolute atomic E-state index is 13.2. The molecule has 3 aromatic carbocycles. The Kier molecular flexibility index (Phi) is 15.6. The van der Waals surface area contributed by atoms with E-state index in [2.05, 4.69) is 15.1 Å². The number of anilines is 2. The molecule has 0 radical (unpaired) electrons. The molecule has 0 unspecified atom stereocenters. The van der Waals surface area contributed by atoms with E-state index in [0.717, 1.165) is 37.2 Å². The number of piperidine rings is 1. The van der Waals surface area contributed by atoms with Crippen LogP contribution >= 0.6 is 34.8 Å². The minimum atomic E-state index is -0.317. The maximum atomic E-state index is 13.2. The van der Waals surface area contributed by atoms with Gasteiger partial charge in [-0.1, -0.05) is 74.6 Å². The number of carbonyl (C=O) groups is 3. The van der Waals surface area contributed by atoms with Crippen molar-refractivity contribution < 1.29 is 19.1 Å². The Morgan fingerprint density at radius 1 is 0.930 bits per heavy atom. The molecule has 0 aliphatic carbocycles. The molecular formula is C33H40Cl3N3O4. The predicted octanol–water partition coefficient (Wildman–Crippen LogP) is 8.14. The Labute approximate surface area is 270 Å². The van der Waals surface area contributed by atoms with Crippen molar-refractivity contribution in [3.05, 3.63) is 92.4 Å². The second-order valence-electron chi connectivity index (χ2n) is 9.35. The fraction of sp³-hybridized carbons (Fsp3) is 0.364. The molecule has 0 aromatic heterocycles. The van der Waals surface area contributed by atoms with Gasteiger partial charge in [0.15, 0.2) is 5.78 Å². The molecule has 3 aromatic rings. The number of likely N-dealkylation sites (tertiary alicyclic amines) is 1. The molecule has 1 saturated heterocycles. The molecule has 0 atom stereocenters. The minimum absolute atomic E-state index is 0.147. The van der Waals surface area contributed by atoms with Crippen LogP contribution in [0.15, 0.2) is 60.7 Å². The van der Waals surface area contributed by atoms with Crippen LogP contribution in [0.2, 0.25) is 15.1 Å². The first-order valence-electron chi connectivity index (χ1n) is 14.4. The molecule has 0 saturated carbocycles. The van der Waals surface area contributed by atoms with Gasteiger partial charge in [-0.2, -0.15) is 0 Å². The third-order valence-electron chi connectivity index (χ3n) is 6.82. The van der Waals surface area contributed by atoms with Gasteiger partial charge in [-0.25, -0.2) is 0 Å². The highest BCUT2D eigenvalue weighted by molar-refractivity contribution is 6.36. The summed E-state index contributed by atoms with van der Waals surface area (Å²) in [5.74, 6) is -0.536. The summed E-state index contributed by atoms with van der Waals surface area (Å²) in [6, 6.07) is 17.4. The predicted molar refractivity (Wildman–Crippen MR) is 178 cm³/mol. The van der Waals surface area contributed by atoms with Crippen LogP contribution in [0.25, 0.3) is 0 Å². The number of hydrogen-bond donors (Lipinski definition) is 1. The van der Waals surface area contributed by atoms with Gasteiger partial charge in [-0.15, -0.1) is 0 Å². The molecule has 1 fully saturated rings. The topological polar surface area (TPSA) is 79.0 Å². The van der Waals surface area contributed by atoms with Crippen LogP contribution in [0.3, 0.4) is 0 Å². The van der Waals surface area contributed by atoms with E-state index in [0.29, 0.717) is 32.8 Å². The summed E-state index contributed by atoms with van der Waals surface area (Å²) in [7, 11) is 2.01. The van der Waals surface area contributed by atoms with Gasteiger partial charge in [0.1, 0.15) is 6.61 Å². The number of hydrogen-bond acceptors (Lipinski definition) is 6. The van der Waals surface area contributed by atoms with E-state index in [-0.39, 0.29) is 36.4 Å². The lowest BCUT2D eigenvalue weighted by molar-refractivity contribution is -0.129. The van der Waals surface area contributed by atoms with Crippen molar-refractivity contribution in [1.29, 1.82) is 0 Å². The first-order chi connectivity index (χ1) is 20.8. The summed E-state index contributed by atoms with van der Waals surface area (Å²) in [6.45, 7) is 10.2. The molecule has 4 rings (SSSR count). The lowest BCUT2D eigenvalue weighted by Crippen LogP contribution is -2.46. The molecule has 10 heteroatoms. The molecule has 1 N–H and O–H groups in total. The molecule has 43 heavy (non-hydrogen) atoms. The number of amides is 1. The van der Waals surface area contributed by atoms with Crippen molar-refractivity contribution in [3.63, 3.8) is 0 Å². The summed E-state index contributed by atoms with van der Waals surface area (Å²) in [6.07, 6.45) is 1.69. The fourth-order valence-electron chi connectivity index (χ4n) is 4.80. The van der Waals surface area contributed by atoms with Crippen LogP contribution in [0.4, 0.5) is 11.4 Å². The molecule has 1 amide bonds. The van der Waals surface area contributed by atoms with Gasteiger partial charge >= 0.3 is 0 Å². The van der Waals surface area contributed by atoms with Gasteiger partial charge in [-0.3, -0.25) is 19.3 Å². The number of rotatable bonds is 10. The van der Waals surface area contributed by atoms with Gasteiger partial charge < -0.3 is 15.0 Å². The lowest BCUT2D eigenvalue weighted by Gasteiger charge is -2.38. The quantitative estimate of drug-likeness (QED) is 0.177. The molecular weight excluding hydrogens is 609 g/mol. The lowest BCUT2D eigenvalue weighted by atomic mass is 10.0. The highest BCUT2D eigenvalue weighted by Gasteiger charge is 2.26. The van der Waals surface area contributed by atoms with Gasteiger partial charge in [0.2, 0.25) is 5.91 Å². The van der Waals surface area contributed by atoms with E-state index in [1.807, 2.05) is 46.9 Å². The summed E-state index contributed by atoms with van der Waals surface area (Å²) < 4.78 is 4.97. The van der Waals surface area contributed by atoms with Gasteiger partial charge in [-0.05, 0) is 61.4 Å². The second kappa shape index (κ2) is 18.5. The van der Waals surface area contributed by atoms with Crippen molar-refractivity contribution >= 4 is 64.3 Å². The zero-order chi connectivity index (χ0) is 31.9. The molecule has 7 nitrogen and oxygen atoms in total. The van der Waals surface area contributed by atoms with Crippen molar-refractivity contribution in [2.24, 2.45) is 0 Å². The Hall–Kier alpha value is -3.10. The van der Waals surface area contributed by atoms with Crippen LogP contribution in [0.5, 0.6) is 0 Å². The van der Waals surface area contributed by atoms with Gasteiger partial charge in [0, 0.05) is 58.6 Å². The summed E-state index contributed by atoms with van der Waals surface area (Å²) in [5.41, 5.74) is 2.79. The van der Waals surface area contributed by atoms with Crippen LogP contribution in [0, 0.1) is 0 Å². The standard InChI is InChI=1S/C29H28Cl3N3O4.2C2H6/c1-34(27-9-7-20(30)14-19(27)17-39-18-36)22-10-12-35(13-11-22)16-28(37)33-26-8-6-21(31)15-24(26)29(38)23-4-2-3-5-25(23)32;2*1-2/h2-9,14-15,18,22H,10-13,16-17H2,1H3,(H,33,37);2*1-2H3. The van der Waals surface area contributed by atoms with E-state index in [1.165, 1.54) is 6.07 Å². The third-order valence-corrected chi connectivity index (χ3v) is 7.62. The molecule has 1 aliphatic rings. The zero-order valence-electron chi connectivity index (χ0n) is 25.3. The van der Waals surface area contributed by atoms with Gasteiger partial charge in [0.25, 0.3) is 6.47 Å². The van der Waals surface area contributed by atoms with Crippen molar-refractivity contribution in [1.82, 2.24) is 4.90 Å². The van der Waals surface area contributed by atoms with E-state index in [4.69, 9.17) is 39.5 Å². The largest absolute Gasteiger partial charge is 0.463 e. The van der Waals surface area contributed by atoms with Crippen molar-refractivity contribution in [2.75, 3.05) is 36.9 Å². The number of benzene rings is 3. The van der Waals surface area contributed by atoms with Gasteiger partial charge in [0.05, 0.1) is 17.3 Å². The monoisotopic (exact) mass is 647 g/mol. The number of carbonyl (C=O) groups excluding carboxylic acids is 3. The van der Waals surface area contributed by atoms with E-state index >= 15 is 0 Å². The molecule has 1 heterocycles. The first-order valence-corrected chi connectivity index (χ1v) is 15.6. The van der Waals surface area contributed by atoms with Crippen molar-refractivity contribution in [2.45, 2.75) is 53.2 Å². The Bertz CT molecular complexity index is 1360. The van der Waals surface area contributed by atoms with Crippen LogP contribution in [-0.4, -0.2) is 55.8 Å². The van der Waals surface area contributed by atoms with E-state index in [9.17, 15) is 14.4 Å². The van der Waals surface area contributed by atoms with Crippen molar-refractivity contribution in [3.8, 4) is 0 Å². The number of nitrogens with zero attached hydrogens (tertiary/aromatic N) is 2. The molecule has 0 bridgehead atoms. The second-order valence-corrected chi connectivity index (χ2v) is 10.6. The van der Waals surface area contributed by atoms with Crippen LogP contribution in [0.1, 0.15) is 62.0 Å². The summed E-state index contributed by atoms with van der Waals surface area (Å²) in [5, 5.41) is 4.17. The minimum Gasteiger partial charge on any atom is -0.463 e. The van der Waals surface area contributed by atoms with E-state index in [1.54, 1.807) is 42.5 Å². The third kappa shape index (κ3) is 10.2. The Balaban J connectivity index is 0.00000155. The number of ketones is 1. The number of halogens is 3. The highest BCUT2D eigenvalue weighted by atomic mass is 35.5. The van der Waals surface area contributed by atoms with Crippen LogP contribution in [-0.2, 0) is 20.9 Å². The van der Waals surface area contributed by atoms with Crippen LogP contribution < -0.4 is 10.2 Å². The van der Waals surface area contributed by atoms with E-state index < -0.39 is 0 Å². The summed E-state index contributed by atoms with van der Waals surface area (Å²) >= 11 is 18.5. The average Bonchev–Trinajstić information content (AvgIpc) is 3.03. The highest BCUT2D eigenvalue weighted by Crippen LogP contribution is 2.29. The molecule has 0 spiro atoms. The fourth-order valence-corrected chi connectivity index (χ4v) is 5.38.